The van der Waals surface area contributed by atoms with Crippen molar-refractivity contribution in [1.29, 1.82) is 5.26 Å². The van der Waals surface area contributed by atoms with Crippen LogP contribution in [-0.4, -0.2) is 19.1 Å². The summed E-state index contributed by atoms with van der Waals surface area (Å²) in [5, 5.41) is 9.18. The largest absolute Gasteiger partial charge is 0.338 e. The van der Waals surface area contributed by atoms with Gasteiger partial charge < -0.3 is 9.13 Å². The van der Waals surface area contributed by atoms with E-state index in [4.69, 9.17) is 11.6 Å². The lowest BCUT2D eigenvalue weighted by Crippen LogP contribution is -2.08. The van der Waals surface area contributed by atoms with Gasteiger partial charge in [-0.1, -0.05) is 6.07 Å². The second kappa shape index (κ2) is 5.58. The molecule has 0 atom stereocenters. The molecule has 0 radical (unpaired) electrons. The Morgan fingerprint density at radius 1 is 1.33 bits per heavy atom. The molecule has 3 rings (SSSR count). The molecule has 0 saturated heterocycles. The van der Waals surface area contributed by atoms with E-state index in [9.17, 15) is 5.26 Å². The highest BCUT2D eigenvalue weighted by atomic mass is 35.5. The van der Waals surface area contributed by atoms with Crippen molar-refractivity contribution in [2.45, 2.75) is 18.8 Å². The van der Waals surface area contributed by atoms with Gasteiger partial charge in [0.2, 0.25) is 0 Å². The van der Waals surface area contributed by atoms with E-state index in [0.29, 0.717) is 11.4 Å². The third-order valence-electron chi connectivity index (χ3n) is 3.58. The van der Waals surface area contributed by atoms with Gasteiger partial charge in [-0.2, -0.15) is 5.26 Å². The summed E-state index contributed by atoms with van der Waals surface area (Å²) in [4.78, 5) is 8.83. The minimum atomic E-state index is 0.320. The first-order chi connectivity index (χ1) is 10.2. The number of hydrogen-bond acceptors (Lipinski definition) is 3. The minimum absolute atomic E-state index is 0.320. The number of benzene rings is 1. The molecule has 0 aliphatic rings. The monoisotopic (exact) mass is 299 g/mol. The van der Waals surface area contributed by atoms with Crippen LogP contribution in [0.3, 0.4) is 0 Å². The third kappa shape index (κ3) is 2.39. The fourth-order valence-corrected chi connectivity index (χ4v) is 2.69. The van der Waals surface area contributed by atoms with Crippen LogP contribution in [0.2, 0.25) is 0 Å². The molecule has 5 nitrogen and oxygen atoms in total. The molecule has 21 heavy (non-hydrogen) atoms. The molecule has 3 aromatic rings. The first kappa shape index (κ1) is 13.7. The zero-order chi connectivity index (χ0) is 14.8. The molecule has 2 aromatic heterocycles. The Kier molecular flexibility index (Phi) is 3.63. The Labute approximate surface area is 127 Å². The van der Waals surface area contributed by atoms with Crippen LogP contribution in [0.15, 0.2) is 30.6 Å². The summed E-state index contributed by atoms with van der Waals surface area (Å²) in [6.45, 7) is 0.734. The van der Waals surface area contributed by atoms with E-state index in [1.165, 1.54) is 0 Å². The third-order valence-corrected chi connectivity index (χ3v) is 3.82. The standard InChI is InChI=1S/C15H14ClN5/c1-20-8-6-18-13(20)5-7-21-12-4-2-3-11(10-17)15(12)19-14(21)9-16/h2-4,6,8H,5,7,9H2,1H3. The summed E-state index contributed by atoms with van der Waals surface area (Å²) < 4.78 is 4.07. The number of alkyl halides is 1. The highest BCUT2D eigenvalue weighted by molar-refractivity contribution is 6.16. The molecular formula is C15H14ClN5. The van der Waals surface area contributed by atoms with E-state index < -0.39 is 0 Å². The number of aryl methyl sites for hydroxylation is 3. The number of rotatable bonds is 4. The SMILES string of the molecule is Cn1ccnc1CCn1c(CCl)nc2c(C#N)cccc21. The summed E-state index contributed by atoms with van der Waals surface area (Å²) in [6.07, 6.45) is 4.50. The van der Waals surface area contributed by atoms with Crippen molar-refractivity contribution in [2.24, 2.45) is 7.05 Å². The van der Waals surface area contributed by atoms with Crippen LogP contribution >= 0.6 is 11.6 Å². The number of halogens is 1. The molecule has 0 bridgehead atoms. The lowest BCUT2D eigenvalue weighted by molar-refractivity contribution is 0.646. The summed E-state index contributed by atoms with van der Waals surface area (Å²) in [7, 11) is 1.98. The summed E-state index contributed by atoms with van der Waals surface area (Å²) in [6, 6.07) is 7.79. The lowest BCUT2D eigenvalue weighted by atomic mass is 10.2. The molecule has 0 spiro atoms. The molecule has 0 aliphatic carbocycles. The second-order valence-electron chi connectivity index (χ2n) is 4.80. The van der Waals surface area contributed by atoms with Crippen LogP contribution in [0.4, 0.5) is 0 Å². The first-order valence-electron chi connectivity index (χ1n) is 6.65. The lowest BCUT2D eigenvalue weighted by Gasteiger charge is -2.07. The van der Waals surface area contributed by atoms with Gasteiger partial charge in [-0.25, -0.2) is 9.97 Å². The van der Waals surface area contributed by atoms with Crippen molar-refractivity contribution >= 4 is 22.6 Å². The molecule has 1 aromatic carbocycles. The molecule has 106 valence electrons. The van der Waals surface area contributed by atoms with Crippen LogP contribution in [0.5, 0.6) is 0 Å². The Morgan fingerprint density at radius 2 is 2.19 bits per heavy atom. The number of fused-ring (bicyclic) bond motifs is 1. The van der Waals surface area contributed by atoms with Gasteiger partial charge in [-0.3, -0.25) is 0 Å². The van der Waals surface area contributed by atoms with E-state index in [1.54, 1.807) is 12.3 Å². The zero-order valence-electron chi connectivity index (χ0n) is 11.6. The average Bonchev–Trinajstić information content (AvgIpc) is 3.07. The number of aromatic nitrogens is 4. The van der Waals surface area contributed by atoms with Gasteiger partial charge in [0.1, 0.15) is 23.2 Å². The second-order valence-corrected chi connectivity index (χ2v) is 5.07. The minimum Gasteiger partial charge on any atom is -0.338 e. The molecular weight excluding hydrogens is 286 g/mol. The Morgan fingerprint density at radius 3 is 2.86 bits per heavy atom. The summed E-state index contributed by atoms with van der Waals surface area (Å²) >= 11 is 6.00. The van der Waals surface area contributed by atoms with E-state index >= 15 is 0 Å². The predicted molar refractivity (Wildman–Crippen MR) is 80.9 cm³/mol. The van der Waals surface area contributed by atoms with Crippen LogP contribution in [0.1, 0.15) is 17.2 Å². The smallest absolute Gasteiger partial charge is 0.124 e. The van der Waals surface area contributed by atoms with Crippen molar-refractivity contribution in [2.75, 3.05) is 0 Å². The van der Waals surface area contributed by atoms with Crippen molar-refractivity contribution in [3.8, 4) is 6.07 Å². The van der Waals surface area contributed by atoms with Gasteiger partial charge >= 0.3 is 0 Å². The van der Waals surface area contributed by atoms with Gasteiger partial charge in [0.15, 0.2) is 0 Å². The van der Waals surface area contributed by atoms with Gasteiger partial charge in [0.05, 0.1) is 17.0 Å². The predicted octanol–water partition coefficient (Wildman–Crippen LogP) is 2.62. The molecule has 0 aliphatic heterocycles. The number of imidazole rings is 2. The van der Waals surface area contributed by atoms with Gasteiger partial charge in [-0.05, 0) is 12.1 Å². The maximum absolute atomic E-state index is 9.18. The molecule has 0 N–H and O–H groups in total. The fraction of sp³-hybridized carbons (Fsp3) is 0.267. The quantitative estimate of drug-likeness (QED) is 0.696. The number of nitriles is 1. The maximum atomic E-state index is 9.18. The van der Waals surface area contributed by atoms with E-state index in [2.05, 4.69) is 20.6 Å². The van der Waals surface area contributed by atoms with Crippen LogP contribution in [0.25, 0.3) is 11.0 Å². The first-order valence-corrected chi connectivity index (χ1v) is 7.18. The van der Waals surface area contributed by atoms with Crippen LogP contribution in [0, 0.1) is 11.3 Å². The van der Waals surface area contributed by atoms with Gasteiger partial charge in [-0.15, -0.1) is 11.6 Å². The van der Waals surface area contributed by atoms with Crippen molar-refractivity contribution in [1.82, 2.24) is 19.1 Å². The Balaban J connectivity index is 2.01. The molecule has 0 fully saturated rings. The van der Waals surface area contributed by atoms with Crippen molar-refractivity contribution < 1.29 is 0 Å². The Hall–Kier alpha value is -2.32. The van der Waals surface area contributed by atoms with E-state index in [-0.39, 0.29) is 0 Å². The molecule has 0 amide bonds. The number of hydrogen-bond donors (Lipinski definition) is 0. The molecule has 0 saturated carbocycles. The van der Waals surface area contributed by atoms with Crippen molar-refractivity contribution in [3.63, 3.8) is 0 Å². The topological polar surface area (TPSA) is 59.4 Å². The van der Waals surface area contributed by atoms with Crippen LogP contribution < -0.4 is 0 Å². The Bertz CT molecular complexity index is 824. The van der Waals surface area contributed by atoms with Crippen molar-refractivity contribution in [3.05, 3.63) is 47.8 Å². The average molecular weight is 300 g/mol. The van der Waals surface area contributed by atoms with Crippen LogP contribution in [-0.2, 0) is 25.9 Å². The number of para-hydroxylation sites is 1. The normalized spacial score (nSPS) is 10.9. The zero-order valence-corrected chi connectivity index (χ0v) is 12.4. The molecule has 6 heteroatoms. The van der Waals surface area contributed by atoms with E-state index in [0.717, 1.165) is 35.6 Å². The maximum Gasteiger partial charge on any atom is 0.124 e. The summed E-state index contributed by atoms with van der Waals surface area (Å²) in [5.74, 6) is 2.11. The van der Waals surface area contributed by atoms with Gasteiger partial charge in [0.25, 0.3) is 0 Å². The molecule has 2 heterocycles. The van der Waals surface area contributed by atoms with Gasteiger partial charge in [0, 0.05) is 32.4 Å². The van der Waals surface area contributed by atoms with E-state index in [1.807, 2.05) is 29.9 Å². The summed E-state index contributed by atoms with van der Waals surface area (Å²) in [5.41, 5.74) is 2.24. The fourth-order valence-electron chi connectivity index (χ4n) is 2.49. The highest BCUT2D eigenvalue weighted by Gasteiger charge is 2.13. The number of nitrogens with zero attached hydrogens (tertiary/aromatic N) is 5. The highest BCUT2D eigenvalue weighted by Crippen LogP contribution is 2.21. The molecule has 0 unspecified atom stereocenters.